The van der Waals surface area contributed by atoms with Gasteiger partial charge in [0.25, 0.3) is 0 Å². The van der Waals surface area contributed by atoms with Crippen LogP contribution in [0.3, 0.4) is 0 Å². The quantitative estimate of drug-likeness (QED) is 0.756. The molecular formula is C13H19NO. The summed E-state index contributed by atoms with van der Waals surface area (Å²) < 4.78 is 0. The molecule has 0 spiro atoms. The van der Waals surface area contributed by atoms with Crippen molar-refractivity contribution >= 4 is 0 Å². The largest absolute Gasteiger partial charge is 0.391 e. The number of nitrogens with zero attached hydrogens (tertiary/aromatic N) is 1. The van der Waals surface area contributed by atoms with Gasteiger partial charge in [-0.3, -0.25) is 0 Å². The number of hydrogen-bond acceptors (Lipinski definition) is 2. The molecule has 0 aromatic heterocycles. The van der Waals surface area contributed by atoms with Gasteiger partial charge in [0.05, 0.1) is 6.10 Å². The fourth-order valence-corrected chi connectivity index (χ4v) is 2.38. The number of aliphatic hydroxyl groups is 1. The predicted octanol–water partition coefficient (Wildman–Crippen LogP) is 1.86. The summed E-state index contributed by atoms with van der Waals surface area (Å²) in [5.41, 5.74) is 1.27. The first kappa shape index (κ1) is 10.7. The van der Waals surface area contributed by atoms with Gasteiger partial charge in [0.15, 0.2) is 0 Å². The van der Waals surface area contributed by atoms with Gasteiger partial charge in [-0.1, -0.05) is 30.3 Å². The highest BCUT2D eigenvalue weighted by Gasteiger charge is 2.32. The molecule has 1 aromatic carbocycles. The molecule has 0 aliphatic carbocycles. The van der Waals surface area contributed by atoms with Gasteiger partial charge >= 0.3 is 0 Å². The lowest BCUT2D eigenvalue weighted by molar-refractivity contribution is 0.0162. The number of likely N-dealkylation sites (tertiary alicyclic amines) is 1. The molecular weight excluding hydrogens is 186 g/mol. The van der Waals surface area contributed by atoms with Crippen molar-refractivity contribution < 1.29 is 5.11 Å². The van der Waals surface area contributed by atoms with Crippen molar-refractivity contribution in [3.05, 3.63) is 35.9 Å². The molecule has 1 heterocycles. The highest BCUT2D eigenvalue weighted by atomic mass is 16.3. The summed E-state index contributed by atoms with van der Waals surface area (Å²) in [5, 5.41) is 10.2. The zero-order valence-corrected chi connectivity index (χ0v) is 9.43. The molecule has 0 radical (unpaired) electrons. The lowest BCUT2D eigenvalue weighted by Crippen LogP contribution is -2.47. The summed E-state index contributed by atoms with van der Waals surface area (Å²) >= 11 is 0. The standard InChI is InChI=1S/C13H19NO/c1-10-13(15)12(8-9-14(10)2)11-6-4-3-5-7-11/h3-7,10,12-13,15H,8-9H2,1-2H3. The van der Waals surface area contributed by atoms with E-state index in [1.54, 1.807) is 0 Å². The maximum absolute atomic E-state index is 10.2. The maximum Gasteiger partial charge on any atom is 0.0761 e. The number of hydrogen-bond donors (Lipinski definition) is 1. The van der Waals surface area contributed by atoms with Gasteiger partial charge in [-0.2, -0.15) is 0 Å². The van der Waals surface area contributed by atoms with E-state index in [1.165, 1.54) is 5.56 Å². The van der Waals surface area contributed by atoms with Gasteiger partial charge in [0.2, 0.25) is 0 Å². The molecule has 15 heavy (non-hydrogen) atoms. The molecule has 0 amide bonds. The molecule has 1 aromatic rings. The SMILES string of the molecule is CC1C(O)C(c2ccccc2)CCN1C. The van der Waals surface area contributed by atoms with Crippen LogP contribution in [0.2, 0.25) is 0 Å². The molecule has 3 unspecified atom stereocenters. The Labute approximate surface area is 91.5 Å². The van der Waals surface area contributed by atoms with E-state index in [-0.39, 0.29) is 12.1 Å². The van der Waals surface area contributed by atoms with Crippen LogP contribution in [-0.2, 0) is 0 Å². The van der Waals surface area contributed by atoms with Crippen LogP contribution in [0.15, 0.2) is 30.3 Å². The summed E-state index contributed by atoms with van der Waals surface area (Å²) in [6.07, 6.45) is 0.803. The summed E-state index contributed by atoms with van der Waals surface area (Å²) in [6.45, 7) is 3.16. The second kappa shape index (κ2) is 4.33. The minimum atomic E-state index is -0.244. The molecule has 0 bridgehead atoms. The van der Waals surface area contributed by atoms with Crippen LogP contribution in [-0.4, -0.2) is 35.7 Å². The van der Waals surface area contributed by atoms with Crippen LogP contribution in [0, 0.1) is 0 Å². The smallest absolute Gasteiger partial charge is 0.0761 e. The first-order valence-electron chi connectivity index (χ1n) is 5.63. The van der Waals surface area contributed by atoms with Crippen LogP contribution in [0.1, 0.15) is 24.8 Å². The second-order valence-electron chi connectivity index (χ2n) is 4.52. The van der Waals surface area contributed by atoms with E-state index in [0.29, 0.717) is 5.92 Å². The topological polar surface area (TPSA) is 23.5 Å². The fourth-order valence-electron chi connectivity index (χ4n) is 2.38. The Morgan fingerprint density at radius 3 is 2.60 bits per heavy atom. The van der Waals surface area contributed by atoms with Crippen LogP contribution < -0.4 is 0 Å². The first-order valence-corrected chi connectivity index (χ1v) is 5.63. The minimum Gasteiger partial charge on any atom is -0.391 e. The summed E-state index contributed by atoms with van der Waals surface area (Å²) in [5.74, 6) is 0.303. The molecule has 1 fully saturated rings. The molecule has 1 aliphatic heterocycles. The number of aliphatic hydroxyl groups excluding tert-OH is 1. The minimum absolute atomic E-state index is 0.244. The Bertz CT molecular complexity index is 312. The van der Waals surface area contributed by atoms with Gasteiger partial charge in [0, 0.05) is 12.0 Å². The summed E-state index contributed by atoms with van der Waals surface area (Å²) in [4.78, 5) is 2.23. The van der Waals surface area contributed by atoms with Gasteiger partial charge in [0.1, 0.15) is 0 Å². The molecule has 2 nitrogen and oxygen atoms in total. The molecule has 1 N–H and O–H groups in total. The zero-order valence-electron chi connectivity index (χ0n) is 9.43. The normalized spacial score (nSPS) is 32.9. The lowest BCUT2D eigenvalue weighted by Gasteiger charge is -2.39. The third kappa shape index (κ3) is 2.06. The Morgan fingerprint density at radius 1 is 1.27 bits per heavy atom. The van der Waals surface area contributed by atoms with Gasteiger partial charge in [-0.05, 0) is 32.5 Å². The Hall–Kier alpha value is -0.860. The molecule has 2 rings (SSSR count). The van der Waals surface area contributed by atoms with Crippen LogP contribution in [0.25, 0.3) is 0 Å². The predicted molar refractivity (Wildman–Crippen MR) is 61.9 cm³/mol. The van der Waals surface area contributed by atoms with Crippen molar-refractivity contribution in [1.29, 1.82) is 0 Å². The van der Waals surface area contributed by atoms with E-state index >= 15 is 0 Å². The number of benzene rings is 1. The van der Waals surface area contributed by atoms with Crippen LogP contribution in [0.5, 0.6) is 0 Å². The third-order valence-corrected chi connectivity index (χ3v) is 3.62. The van der Waals surface area contributed by atoms with E-state index in [2.05, 4.69) is 31.0 Å². The maximum atomic E-state index is 10.2. The van der Waals surface area contributed by atoms with E-state index < -0.39 is 0 Å². The second-order valence-corrected chi connectivity index (χ2v) is 4.52. The van der Waals surface area contributed by atoms with Crippen LogP contribution in [0.4, 0.5) is 0 Å². The van der Waals surface area contributed by atoms with Crippen molar-refractivity contribution in [2.45, 2.75) is 31.4 Å². The lowest BCUT2D eigenvalue weighted by atomic mass is 9.83. The highest BCUT2D eigenvalue weighted by molar-refractivity contribution is 5.22. The van der Waals surface area contributed by atoms with Crippen molar-refractivity contribution in [2.75, 3.05) is 13.6 Å². The highest BCUT2D eigenvalue weighted by Crippen LogP contribution is 2.30. The van der Waals surface area contributed by atoms with Crippen molar-refractivity contribution in [1.82, 2.24) is 4.90 Å². The van der Waals surface area contributed by atoms with Gasteiger partial charge in [-0.25, -0.2) is 0 Å². The number of rotatable bonds is 1. The van der Waals surface area contributed by atoms with E-state index in [0.717, 1.165) is 13.0 Å². The van der Waals surface area contributed by atoms with E-state index in [9.17, 15) is 5.11 Å². The molecule has 2 heteroatoms. The average Bonchev–Trinajstić information content (AvgIpc) is 2.27. The molecule has 1 aliphatic rings. The van der Waals surface area contributed by atoms with Crippen LogP contribution >= 0.6 is 0 Å². The van der Waals surface area contributed by atoms with E-state index in [4.69, 9.17) is 0 Å². The molecule has 82 valence electrons. The Balaban J connectivity index is 2.17. The fraction of sp³-hybridized carbons (Fsp3) is 0.538. The van der Waals surface area contributed by atoms with E-state index in [1.807, 2.05) is 18.2 Å². The zero-order chi connectivity index (χ0) is 10.8. The third-order valence-electron chi connectivity index (χ3n) is 3.62. The Morgan fingerprint density at radius 2 is 1.93 bits per heavy atom. The van der Waals surface area contributed by atoms with Crippen molar-refractivity contribution in [2.24, 2.45) is 0 Å². The number of likely N-dealkylation sites (N-methyl/N-ethyl adjacent to an activating group) is 1. The molecule has 1 saturated heterocycles. The first-order chi connectivity index (χ1) is 7.20. The summed E-state index contributed by atoms with van der Waals surface area (Å²) in [7, 11) is 2.08. The Kier molecular flexibility index (Phi) is 3.08. The van der Waals surface area contributed by atoms with Crippen molar-refractivity contribution in [3.63, 3.8) is 0 Å². The van der Waals surface area contributed by atoms with Crippen molar-refractivity contribution in [3.8, 4) is 0 Å². The molecule has 3 atom stereocenters. The molecule has 0 saturated carbocycles. The average molecular weight is 205 g/mol. The van der Waals surface area contributed by atoms with Gasteiger partial charge < -0.3 is 10.0 Å². The monoisotopic (exact) mass is 205 g/mol. The number of piperidine rings is 1. The van der Waals surface area contributed by atoms with Gasteiger partial charge in [-0.15, -0.1) is 0 Å². The summed E-state index contributed by atoms with van der Waals surface area (Å²) in [6, 6.07) is 10.6.